The summed E-state index contributed by atoms with van der Waals surface area (Å²) < 4.78 is 97.2. The molecular weight excluding hydrogens is 1370 g/mol. The second kappa shape index (κ2) is 33.2. The van der Waals surface area contributed by atoms with Crippen LogP contribution in [-0.4, -0.2) is 414 Å². The molecule has 30 saturated heterocycles. The maximum Gasteiger partial charge on any atom is 0.249 e. The highest BCUT2D eigenvalue weighted by Crippen LogP contribution is 2.40. The Kier molecular flexibility index (Phi) is 25.9. The average Bonchev–Trinajstić information content (AvgIpc) is 0.926. The number of aliphatic hydroxyl groups is 23. The highest BCUT2D eigenvalue weighted by molar-refractivity contribution is 5.49. The molecule has 0 spiro atoms. The molecule has 0 unspecified atom stereocenters. The van der Waals surface area contributed by atoms with Crippen LogP contribution < -0.4 is 4.57 Å². The molecule has 576 valence electrons. The Balaban J connectivity index is 0.885. The first-order valence-electron chi connectivity index (χ1n) is 32.9. The quantitative estimate of drug-likeness (QED) is 0.0982. The average molecular weight is 1470 g/mol. The van der Waals surface area contributed by atoms with Crippen LogP contribution in [0.1, 0.15) is 16.7 Å². The van der Waals surface area contributed by atoms with Gasteiger partial charge in [-0.05, 0) is 31.9 Å². The third kappa shape index (κ3) is 15.7. The minimum Gasteiger partial charge on any atom is -0.394 e. The summed E-state index contributed by atoms with van der Waals surface area (Å²) in [4.78, 5) is 0. The summed E-state index contributed by atoms with van der Waals surface area (Å²) in [6, 6.07) is 3.91. The predicted octanol–water partition coefficient (Wildman–Crippen LogP) is -14.7. The highest BCUT2D eigenvalue weighted by atomic mass is 16.8. The van der Waals surface area contributed by atoms with Gasteiger partial charge in [-0.2, -0.15) is 0 Å². The molecule has 1 aromatic heterocycles. The first kappa shape index (κ1) is 78.9. The summed E-state index contributed by atoms with van der Waals surface area (Å²) in [5.41, 5.74) is 3.55. The molecule has 16 bridgehead atoms. The zero-order valence-electron chi connectivity index (χ0n) is 54.3. The van der Waals surface area contributed by atoms with Crippen molar-refractivity contribution < 1.29 is 198 Å². The molecule has 1 aromatic carbocycles. The molecule has 32 rings (SSSR count). The SMILES string of the molecule is Cc1cc(C)c(-n2cc[n+](C[C@H]3O[C@@H]4O[C@H]5[C@H](O)[C@@H](O)[C@@H](O[C@H]6[C@H](O)[C@@H](O)[C@@H](O[C@H]7[C@H](O)[C@@H](O)[C@@H](O[C@H]8[C@H](O)[C@@H](O)[C@@H](O[C@H]9[C@H](O)[C@@H](O)[C@@H](O[C@H]%10[C@H](O)[C@@H](O)[C@@H](O[C@H]%11[C@H](O)[C@@H](O)[C@@H](O[C@H]3[C@H](O)[C@H]4O)O[C@@H]%11CO)O[C@@H]%10CO)O[C@@H]9CO)O[C@@H]8CO)O[C@@H]7CO)O[C@@H]6CO)O[C@@H]5CO)c2)c(C)c1. The number of aryl methyl sites for hydroxylation is 3. The van der Waals surface area contributed by atoms with E-state index in [0.29, 0.717) is 0 Å². The van der Waals surface area contributed by atoms with Crippen LogP contribution in [0, 0.1) is 20.8 Å². The van der Waals surface area contributed by atoms with Crippen molar-refractivity contribution in [1.82, 2.24) is 4.57 Å². The molecule has 41 heteroatoms. The molecule has 23 N–H and O–H groups in total. The number of rotatable bonds is 10. The van der Waals surface area contributed by atoms with Crippen molar-refractivity contribution in [3.8, 4) is 5.69 Å². The Hall–Kier alpha value is -3.13. The Bertz CT molecular complexity index is 2930. The lowest BCUT2D eigenvalue weighted by Crippen LogP contribution is -2.69. The first-order chi connectivity index (χ1) is 48.1. The summed E-state index contributed by atoms with van der Waals surface area (Å²) >= 11 is 0. The molecule has 101 heavy (non-hydrogen) atoms. The third-order valence-electron chi connectivity index (χ3n) is 19.7. The van der Waals surface area contributed by atoms with Crippen molar-refractivity contribution in [1.29, 1.82) is 0 Å². The molecule has 41 nitrogen and oxygen atoms in total. The smallest absolute Gasteiger partial charge is 0.249 e. The van der Waals surface area contributed by atoms with Crippen LogP contribution in [0.4, 0.5) is 0 Å². The minimum atomic E-state index is -2.25. The van der Waals surface area contributed by atoms with Crippen molar-refractivity contribution >= 4 is 0 Å². The van der Waals surface area contributed by atoms with Gasteiger partial charge in [0.05, 0.1) is 46.2 Å². The molecule has 30 aliphatic rings. The van der Waals surface area contributed by atoms with Crippen molar-refractivity contribution in [2.45, 2.75) is 273 Å². The summed E-state index contributed by atoms with van der Waals surface area (Å²) in [5, 5.41) is 260. The van der Waals surface area contributed by atoms with Crippen molar-refractivity contribution in [2.24, 2.45) is 0 Å². The van der Waals surface area contributed by atoms with Gasteiger partial charge in [-0.15, -0.1) is 0 Å². The summed E-state index contributed by atoms with van der Waals surface area (Å²) in [6.07, 6.45) is -76.6. The number of benzene rings is 1. The summed E-state index contributed by atoms with van der Waals surface area (Å²) in [7, 11) is 0. The van der Waals surface area contributed by atoms with Gasteiger partial charge >= 0.3 is 0 Å². The number of hydrogen-bond donors (Lipinski definition) is 23. The van der Waals surface area contributed by atoms with Crippen molar-refractivity contribution in [3.63, 3.8) is 0 Å². The van der Waals surface area contributed by atoms with Gasteiger partial charge in [0.1, 0.15) is 220 Å². The molecule has 0 saturated carbocycles. The molecular formula is C60H93N2O39+. The Morgan fingerprint density at radius 2 is 0.465 bits per heavy atom. The predicted molar refractivity (Wildman–Crippen MR) is 314 cm³/mol. The van der Waals surface area contributed by atoms with Gasteiger partial charge in [0.2, 0.25) is 6.33 Å². The van der Waals surface area contributed by atoms with Crippen LogP contribution in [-0.2, 0) is 82.3 Å². The Morgan fingerprint density at radius 3 is 0.663 bits per heavy atom. The van der Waals surface area contributed by atoms with E-state index in [2.05, 4.69) is 0 Å². The minimum absolute atomic E-state index is 0.319. The second-order valence-corrected chi connectivity index (χ2v) is 26.5. The van der Waals surface area contributed by atoms with Crippen molar-refractivity contribution in [2.75, 3.05) is 46.2 Å². The van der Waals surface area contributed by atoms with E-state index in [1.54, 1.807) is 27.9 Å². The van der Waals surface area contributed by atoms with E-state index >= 15 is 0 Å². The molecule has 30 fully saturated rings. The van der Waals surface area contributed by atoms with Gasteiger partial charge in [-0.3, -0.25) is 0 Å². The molecule has 2 aromatic rings. The van der Waals surface area contributed by atoms with E-state index in [9.17, 15) is 117 Å². The number of aromatic nitrogens is 2. The maximum atomic E-state index is 12.1. The van der Waals surface area contributed by atoms with E-state index in [0.717, 1.165) is 22.4 Å². The number of ether oxygens (including phenoxy) is 16. The van der Waals surface area contributed by atoms with Crippen LogP contribution in [0.2, 0.25) is 0 Å². The lowest BCUT2D eigenvalue weighted by Gasteiger charge is -2.50. The fraction of sp³-hybridized carbons (Fsp3) is 0.850. The van der Waals surface area contributed by atoms with Gasteiger partial charge in [-0.1, -0.05) is 17.7 Å². The van der Waals surface area contributed by atoms with Gasteiger partial charge in [-0.25, -0.2) is 9.13 Å². The Labute approximate surface area is 573 Å². The van der Waals surface area contributed by atoms with E-state index in [1.807, 2.05) is 32.9 Å². The van der Waals surface area contributed by atoms with E-state index in [1.165, 1.54) is 0 Å². The zero-order valence-corrected chi connectivity index (χ0v) is 54.3. The van der Waals surface area contributed by atoms with Gasteiger partial charge in [0, 0.05) is 0 Å². The molecule has 0 amide bonds. The lowest BCUT2D eigenvalue weighted by molar-refractivity contribution is -0.707. The number of nitrogens with zero attached hydrogens (tertiary/aromatic N) is 2. The Morgan fingerprint density at radius 1 is 0.277 bits per heavy atom. The maximum absolute atomic E-state index is 12.1. The fourth-order valence-electron chi connectivity index (χ4n) is 14.3. The number of hydrogen-bond acceptors (Lipinski definition) is 39. The second-order valence-electron chi connectivity index (χ2n) is 26.5. The van der Waals surface area contributed by atoms with E-state index < -0.39 is 292 Å². The van der Waals surface area contributed by atoms with Gasteiger partial charge in [0.25, 0.3) is 0 Å². The van der Waals surface area contributed by atoms with Crippen LogP contribution in [0.25, 0.3) is 5.69 Å². The summed E-state index contributed by atoms with van der Waals surface area (Å²) in [6.45, 7) is -2.13. The van der Waals surface area contributed by atoms with Crippen LogP contribution in [0.5, 0.6) is 0 Å². The number of imidazole rings is 1. The largest absolute Gasteiger partial charge is 0.394 e. The normalized spacial score (nSPS) is 49.8. The molecule has 0 radical (unpaired) electrons. The third-order valence-corrected chi connectivity index (χ3v) is 19.7. The monoisotopic (exact) mass is 1470 g/mol. The van der Waals surface area contributed by atoms with Crippen LogP contribution in [0.15, 0.2) is 30.9 Å². The fourth-order valence-corrected chi connectivity index (χ4v) is 14.3. The van der Waals surface area contributed by atoms with Crippen LogP contribution >= 0.6 is 0 Å². The van der Waals surface area contributed by atoms with Crippen LogP contribution in [0.3, 0.4) is 0 Å². The molecule has 0 aliphatic carbocycles. The lowest BCUT2D eigenvalue weighted by atomic mass is 9.94. The highest BCUT2D eigenvalue weighted by Gasteiger charge is 2.61. The molecule has 31 heterocycles. The molecule has 30 aliphatic heterocycles. The first-order valence-corrected chi connectivity index (χ1v) is 32.9. The van der Waals surface area contributed by atoms with Gasteiger partial charge in [0.15, 0.2) is 50.3 Å². The number of aliphatic hydroxyl groups excluding tert-OH is 23. The molecule has 40 atom stereocenters. The van der Waals surface area contributed by atoms with Crippen molar-refractivity contribution in [3.05, 3.63) is 47.5 Å². The standard InChI is InChI=1S/C60H93N2O39/c1-17-6-18(2)28(19(3)7-17)62-5-4-61(16-62)8-20-45-29(70)37(78)53(86-20)95-46-21(9-63)88-55(39(80)31(46)72)97-48-23(11-65)90-57(41(82)33(48)74)99-50-25(13-67)92-59(43(84)35(50)76)101-52-27(15-69)93-60(44(85)36(52)77)100-51-26(14-68)91-58(42(83)34(51)75)98-49-24(12-66)89-56(40(81)32(49)73)96-47-22(10-64)87-54(94-45)38(79)30(47)71/h4-7,16,20-27,29-60,63-85H,8-15H2,1-3H3/q+1/t20-,21-,22-,23-,24-,25-,26-,27-,29-,30-,31-,32-,33-,34-,35-,36-,37-,38-,39-,40-,41-,42-,43-,44-,45-,46-,47-,48-,49-,50-,51-,52-,53-,54-,55-,56-,57-,58-,59-,60-/m1/s1. The topological polar surface area (TPSA) is 622 Å². The zero-order chi connectivity index (χ0) is 73.1. The van der Waals surface area contributed by atoms with E-state index in [-0.39, 0.29) is 6.54 Å². The van der Waals surface area contributed by atoms with Gasteiger partial charge < -0.3 is 193 Å². The summed E-state index contributed by atoms with van der Waals surface area (Å²) in [5.74, 6) is 0. The van der Waals surface area contributed by atoms with E-state index in [4.69, 9.17) is 75.8 Å².